The van der Waals surface area contributed by atoms with Gasteiger partial charge in [0.15, 0.2) is 5.78 Å². The Morgan fingerprint density at radius 3 is 2.80 bits per heavy atom. The van der Waals surface area contributed by atoms with Crippen LogP contribution in [0.15, 0.2) is 54.9 Å². The maximum absolute atomic E-state index is 14.3. The first-order valence-electron chi connectivity index (χ1n) is 10.3. The zero-order chi connectivity index (χ0) is 21.1. The van der Waals surface area contributed by atoms with E-state index in [4.69, 9.17) is 4.74 Å². The zero-order valence-corrected chi connectivity index (χ0v) is 16.8. The molecule has 2 aliphatic rings. The molecule has 5 unspecified atom stereocenters. The van der Waals surface area contributed by atoms with E-state index < -0.39 is 12.1 Å². The summed E-state index contributed by atoms with van der Waals surface area (Å²) in [6.07, 6.45) is 6.74. The van der Waals surface area contributed by atoms with Crippen LogP contribution >= 0.6 is 0 Å². The number of rotatable bonds is 5. The van der Waals surface area contributed by atoms with Crippen LogP contribution in [0, 0.1) is 11.8 Å². The summed E-state index contributed by atoms with van der Waals surface area (Å²) in [5.74, 6) is -1.34. The molecule has 1 aromatic carbocycles. The van der Waals surface area contributed by atoms with E-state index in [-0.39, 0.29) is 29.6 Å². The third kappa shape index (κ3) is 3.99. The molecule has 0 spiro atoms. The zero-order valence-electron chi connectivity index (χ0n) is 16.8. The third-order valence-electron chi connectivity index (χ3n) is 6.21. The molecule has 4 rings (SSSR count). The number of aromatic nitrogens is 1. The first-order chi connectivity index (χ1) is 14.6. The van der Waals surface area contributed by atoms with Crippen molar-refractivity contribution < 1.29 is 18.7 Å². The Bertz CT molecular complexity index is 946. The van der Waals surface area contributed by atoms with Crippen molar-refractivity contribution in [1.29, 1.82) is 0 Å². The number of nitrogens with zero attached hydrogens (tertiary/aromatic N) is 1. The van der Waals surface area contributed by atoms with E-state index in [0.717, 1.165) is 5.56 Å². The molecular formula is C24H25FN2O3. The lowest BCUT2D eigenvalue weighted by Crippen LogP contribution is -2.57. The molecule has 156 valence electrons. The minimum atomic E-state index is -0.904. The highest BCUT2D eigenvalue weighted by Crippen LogP contribution is 2.45. The summed E-state index contributed by atoms with van der Waals surface area (Å²) in [6.45, 7) is 0. The van der Waals surface area contributed by atoms with Crippen LogP contribution in [0.25, 0.3) is 6.08 Å². The number of halogens is 1. The van der Waals surface area contributed by atoms with Crippen LogP contribution in [0.4, 0.5) is 4.39 Å². The standard InChI is InChI=1S/C24H25FN2O3/c1-30-21-11-12-26-14-16(21)7-10-20(28)23-22(15-5-3-2-4-6-15)18-13-17(25)8-9-19(18)27-24(23)29/h2-7,10-12,14,17-19,22-23H,8-9,13H2,1H3,(H,27,29)/b10-7+. The number of carbonyl (C=O) groups is 2. The average Bonchev–Trinajstić information content (AvgIpc) is 2.77. The molecular weight excluding hydrogens is 383 g/mol. The van der Waals surface area contributed by atoms with E-state index in [0.29, 0.717) is 30.6 Å². The topological polar surface area (TPSA) is 68.3 Å². The van der Waals surface area contributed by atoms with Crippen LogP contribution in [-0.2, 0) is 9.59 Å². The second-order valence-electron chi connectivity index (χ2n) is 7.96. The number of allylic oxidation sites excluding steroid dienone is 1. The van der Waals surface area contributed by atoms with Gasteiger partial charge in [0.1, 0.15) is 17.8 Å². The maximum atomic E-state index is 14.3. The van der Waals surface area contributed by atoms with Gasteiger partial charge < -0.3 is 10.1 Å². The number of carbonyl (C=O) groups excluding carboxylic acids is 2. The van der Waals surface area contributed by atoms with Crippen molar-refractivity contribution in [2.45, 2.75) is 37.4 Å². The highest BCUT2D eigenvalue weighted by atomic mass is 19.1. The van der Waals surface area contributed by atoms with E-state index in [2.05, 4.69) is 10.3 Å². The normalized spacial score (nSPS) is 28.6. The van der Waals surface area contributed by atoms with Gasteiger partial charge in [-0.05, 0) is 49.0 Å². The number of alkyl halides is 1. The number of hydrogen-bond acceptors (Lipinski definition) is 4. The van der Waals surface area contributed by atoms with Crippen molar-refractivity contribution in [3.63, 3.8) is 0 Å². The maximum Gasteiger partial charge on any atom is 0.231 e. The van der Waals surface area contributed by atoms with Gasteiger partial charge in [0.2, 0.25) is 5.91 Å². The van der Waals surface area contributed by atoms with Crippen molar-refractivity contribution >= 4 is 17.8 Å². The van der Waals surface area contributed by atoms with Crippen LogP contribution in [0.1, 0.15) is 36.3 Å². The molecule has 2 aromatic rings. The summed E-state index contributed by atoms with van der Waals surface area (Å²) >= 11 is 0. The Labute approximate surface area is 175 Å². The molecule has 1 saturated carbocycles. The van der Waals surface area contributed by atoms with E-state index >= 15 is 0 Å². The summed E-state index contributed by atoms with van der Waals surface area (Å²) in [4.78, 5) is 30.3. The average molecular weight is 408 g/mol. The van der Waals surface area contributed by atoms with Crippen molar-refractivity contribution in [2.75, 3.05) is 7.11 Å². The fraction of sp³-hybridized carbons (Fsp3) is 0.375. The molecule has 1 amide bonds. The summed E-state index contributed by atoms with van der Waals surface area (Å²) in [5, 5.41) is 2.99. The Hall–Kier alpha value is -3.02. The quantitative estimate of drug-likeness (QED) is 0.605. The number of ether oxygens (including phenoxy) is 1. The van der Waals surface area contributed by atoms with Gasteiger partial charge in [0.25, 0.3) is 0 Å². The minimum Gasteiger partial charge on any atom is -0.496 e. The summed E-state index contributed by atoms with van der Waals surface area (Å²) in [5.41, 5.74) is 1.56. The van der Waals surface area contributed by atoms with Crippen molar-refractivity contribution in [2.24, 2.45) is 11.8 Å². The Morgan fingerprint density at radius 1 is 1.23 bits per heavy atom. The second kappa shape index (κ2) is 8.78. The molecule has 0 radical (unpaired) electrons. The first kappa shape index (κ1) is 20.3. The van der Waals surface area contributed by atoms with Gasteiger partial charge in [0.05, 0.1) is 7.11 Å². The molecule has 6 heteroatoms. The molecule has 2 fully saturated rings. The lowest BCUT2D eigenvalue weighted by Gasteiger charge is -2.45. The second-order valence-corrected chi connectivity index (χ2v) is 7.96. The Balaban J connectivity index is 1.67. The third-order valence-corrected chi connectivity index (χ3v) is 6.21. The lowest BCUT2D eigenvalue weighted by atomic mass is 9.64. The van der Waals surface area contributed by atoms with Crippen molar-refractivity contribution in [1.82, 2.24) is 10.3 Å². The van der Waals surface area contributed by atoms with Crippen LogP contribution in [-0.4, -0.2) is 36.0 Å². The molecule has 5 atom stereocenters. The van der Waals surface area contributed by atoms with Crippen LogP contribution < -0.4 is 10.1 Å². The molecule has 0 bridgehead atoms. The van der Waals surface area contributed by atoms with Gasteiger partial charge in [-0.3, -0.25) is 14.6 Å². The smallest absolute Gasteiger partial charge is 0.231 e. The molecule has 5 nitrogen and oxygen atoms in total. The molecule has 1 N–H and O–H groups in total. The van der Waals surface area contributed by atoms with Crippen LogP contribution in [0.5, 0.6) is 5.75 Å². The van der Waals surface area contributed by atoms with E-state index in [1.54, 1.807) is 31.6 Å². The molecule has 30 heavy (non-hydrogen) atoms. The van der Waals surface area contributed by atoms with Crippen molar-refractivity contribution in [3.8, 4) is 5.75 Å². The van der Waals surface area contributed by atoms with E-state index in [9.17, 15) is 14.0 Å². The number of nitrogens with one attached hydrogen (secondary N) is 1. The minimum absolute atomic E-state index is 0.0962. The number of piperidine rings is 1. The molecule has 1 aliphatic heterocycles. The highest BCUT2D eigenvalue weighted by Gasteiger charge is 2.49. The number of hydrogen-bond donors (Lipinski definition) is 1. The SMILES string of the molecule is COc1ccncc1/C=C/C(=O)C1C(=O)NC2CCC(F)CC2C1c1ccccc1. The Kier molecular flexibility index (Phi) is 5.93. The fourth-order valence-electron chi connectivity index (χ4n) is 4.81. The lowest BCUT2D eigenvalue weighted by molar-refractivity contribution is -0.138. The summed E-state index contributed by atoms with van der Waals surface area (Å²) in [7, 11) is 1.55. The Morgan fingerprint density at radius 2 is 2.03 bits per heavy atom. The predicted octanol–water partition coefficient (Wildman–Crippen LogP) is 3.71. The predicted molar refractivity (Wildman–Crippen MR) is 112 cm³/mol. The largest absolute Gasteiger partial charge is 0.496 e. The van der Waals surface area contributed by atoms with E-state index in [1.165, 1.54) is 6.08 Å². The number of amides is 1. The van der Waals surface area contributed by atoms with Gasteiger partial charge in [-0.1, -0.05) is 30.3 Å². The number of fused-ring (bicyclic) bond motifs is 1. The van der Waals surface area contributed by atoms with Gasteiger partial charge in [-0.25, -0.2) is 4.39 Å². The highest BCUT2D eigenvalue weighted by molar-refractivity contribution is 6.09. The summed E-state index contributed by atoms with van der Waals surface area (Å²) in [6, 6.07) is 11.1. The molecule has 1 aromatic heterocycles. The van der Waals surface area contributed by atoms with Gasteiger partial charge in [0, 0.05) is 29.9 Å². The number of ketones is 1. The molecule has 1 aliphatic carbocycles. The summed E-state index contributed by atoms with van der Waals surface area (Å²) < 4.78 is 19.6. The fourth-order valence-corrected chi connectivity index (χ4v) is 4.81. The number of pyridine rings is 1. The van der Waals surface area contributed by atoms with Crippen molar-refractivity contribution in [3.05, 3.63) is 66.0 Å². The van der Waals surface area contributed by atoms with E-state index in [1.807, 2.05) is 30.3 Å². The molecule has 1 saturated heterocycles. The van der Waals surface area contributed by atoms with Crippen LogP contribution in [0.3, 0.4) is 0 Å². The van der Waals surface area contributed by atoms with Gasteiger partial charge in [-0.15, -0.1) is 0 Å². The number of methoxy groups -OCH3 is 1. The van der Waals surface area contributed by atoms with Crippen LogP contribution in [0.2, 0.25) is 0 Å². The monoisotopic (exact) mass is 408 g/mol. The first-order valence-corrected chi connectivity index (χ1v) is 10.3. The van der Waals surface area contributed by atoms with Gasteiger partial charge >= 0.3 is 0 Å². The number of benzene rings is 1. The van der Waals surface area contributed by atoms with Gasteiger partial charge in [-0.2, -0.15) is 0 Å². The molecule has 2 heterocycles.